The first-order valence-corrected chi connectivity index (χ1v) is 8.92. The Labute approximate surface area is 165 Å². The SMILES string of the molecule is C[C@H](NC(=O)COC(=O)c1nn(C)c(=O)c2ccccc12)c1ccc(Cl)cc1. The van der Waals surface area contributed by atoms with Crippen LogP contribution in [-0.2, 0) is 16.6 Å². The summed E-state index contributed by atoms with van der Waals surface area (Å²) < 4.78 is 6.17. The summed E-state index contributed by atoms with van der Waals surface area (Å²) in [5, 5.41) is 8.07. The van der Waals surface area contributed by atoms with E-state index in [-0.39, 0.29) is 17.3 Å². The van der Waals surface area contributed by atoms with Gasteiger partial charge in [0, 0.05) is 17.5 Å². The fourth-order valence-electron chi connectivity index (χ4n) is 2.77. The number of amides is 1. The largest absolute Gasteiger partial charge is 0.451 e. The van der Waals surface area contributed by atoms with E-state index in [1.807, 2.05) is 6.92 Å². The van der Waals surface area contributed by atoms with Gasteiger partial charge in [-0.3, -0.25) is 9.59 Å². The summed E-state index contributed by atoms with van der Waals surface area (Å²) in [6, 6.07) is 13.4. The fraction of sp³-hybridized carbons (Fsp3) is 0.200. The van der Waals surface area contributed by atoms with Gasteiger partial charge < -0.3 is 10.1 Å². The zero-order valence-electron chi connectivity index (χ0n) is 15.3. The van der Waals surface area contributed by atoms with Crippen molar-refractivity contribution in [2.75, 3.05) is 6.61 Å². The van der Waals surface area contributed by atoms with Crippen LogP contribution in [-0.4, -0.2) is 28.3 Å². The summed E-state index contributed by atoms with van der Waals surface area (Å²) in [5.74, 6) is -1.23. The number of nitrogens with one attached hydrogen (secondary N) is 1. The first-order valence-electron chi connectivity index (χ1n) is 8.55. The van der Waals surface area contributed by atoms with Crippen molar-refractivity contribution in [3.05, 3.63) is 75.2 Å². The molecule has 144 valence electrons. The molecular formula is C20H18ClN3O4. The van der Waals surface area contributed by atoms with Crippen molar-refractivity contribution >= 4 is 34.2 Å². The summed E-state index contributed by atoms with van der Waals surface area (Å²) in [6.07, 6.45) is 0. The number of rotatable bonds is 5. The molecule has 0 bridgehead atoms. The Morgan fingerprint density at radius 3 is 2.46 bits per heavy atom. The average Bonchev–Trinajstić information content (AvgIpc) is 2.69. The Kier molecular flexibility index (Phi) is 5.75. The van der Waals surface area contributed by atoms with Gasteiger partial charge in [0.1, 0.15) is 0 Å². The van der Waals surface area contributed by atoms with E-state index in [9.17, 15) is 14.4 Å². The summed E-state index contributed by atoms with van der Waals surface area (Å²) >= 11 is 5.86. The normalized spacial score (nSPS) is 11.8. The second-order valence-corrected chi connectivity index (χ2v) is 6.68. The molecule has 1 aromatic heterocycles. The lowest BCUT2D eigenvalue weighted by Crippen LogP contribution is -2.31. The molecule has 28 heavy (non-hydrogen) atoms. The number of benzene rings is 2. The molecule has 0 saturated heterocycles. The third-order valence-electron chi connectivity index (χ3n) is 4.23. The molecule has 2 aromatic carbocycles. The number of carbonyl (C=O) groups excluding carboxylic acids is 2. The first-order chi connectivity index (χ1) is 13.4. The highest BCUT2D eigenvalue weighted by Gasteiger charge is 2.18. The predicted octanol–water partition coefficient (Wildman–Crippen LogP) is 2.62. The van der Waals surface area contributed by atoms with Crippen LogP contribution in [0.25, 0.3) is 10.8 Å². The van der Waals surface area contributed by atoms with Gasteiger partial charge in [-0.1, -0.05) is 41.9 Å². The Balaban J connectivity index is 1.68. The van der Waals surface area contributed by atoms with Crippen molar-refractivity contribution in [2.24, 2.45) is 7.05 Å². The van der Waals surface area contributed by atoms with Gasteiger partial charge in [-0.2, -0.15) is 5.10 Å². The molecule has 1 heterocycles. The van der Waals surface area contributed by atoms with Gasteiger partial charge in [0.05, 0.1) is 11.4 Å². The Bertz CT molecular complexity index is 1090. The van der Waals surface area contributed by atoms with Gasteiger partial charge in [-0.25, -0.2) is 9.48 Å². The maximum absolute atomic E-state index is 12.4. The molecule has 0 saturated carbocycles. The van der Waals surface area contributed by atoms with Crippen LogP contribution >= 0.6 is 11.6 Å². The van der Waals surface area contributed by atoms with Gasteiger partial charge in [-0.05, 0) is 30.7 Å². The average molecular weight is 400 g/mol. The van der Waals surface area contributed by atoms with Crippen LogP contribution in [0.1, 0.15) is 29.0 Å². The van der Waals surface area contributed by atoms with E-state index in [4.69, 9.17) is 16.3 Å². The summed E-state index contributed by atoms with van der Waals surface area (Å²) in [7, 11) is 1.45. The molecule has 0 aliphatic rings. The topological polar surface area (TPSA) is 90.3 Å². The Morgan fingerprint density at radius 1 is 1.14 bits per heavy atom. The number of fused-ring (bicyclic) bond motifs is 1. The molecule has 3 aromatic rings. The molecule has 3 rings (SSSR count). The number of aromatic nitrogens is 2. The highest BCUT2D eigenvalue weighted by Crippen LogP contribution is 2.16. The minimum absolute atomic E-state index is 0.0174. The Hall–Kier alpha value is -3.19. The quantitative estimate of drug-likeness (QED) is 0.666. The second kappa shape index (κ2) is 8.22. The molecular weight excluding hydrogens is 382 g/mol. The maximum Gasteiger partial charge on any atom is 0.359 e. The number of aryl methyl sites for hydroxylation is 1. The molecule has 1 N–H and O–H groups in total. The van der Waals surface area contributed by atoms with E-state index < -0.39 is 18.5 Å². The minimum atomic E-state index is -0.777. The molecule has 0 unspecified atom stereocenters. The van der Waals surface area contributed by atoms with Crippen LogP contribution in [0.2, 0.25) is 5.02 Å². The van der Waals surface area contributed by atoms with Crippen LogP contribution in [0.5, 0.6) is 0 Å². The summed E-state index contributed by atoms with van der Waals surface area (Å²) in [4.78, 5) is 36.7. The predicted molar refractivity (Wildman–Crippen MR) is 105 cm³/mol. The first kappa shape index (κ1) is 19.6. The molecule has 1 amide bonds. The summed E-state index contributed by atoms with van der Waals surface area (Å²) in [6.45, 7) is 1.35. The number of hydrogen-bond acceptors (Lipinski definition) is 5. The molecule has 0 aliphatic heterocycles. The highest BCUT2D eigenvalue weighted by atomic mass is 35.5. The van der Waals surface area contributed by atoms with E-state index in [0.717, 1.165) is 10.2 Å². The standard InChI is InChI=1S/C20H18ClN3O4/c1-12(13-7-9-14(21)10-8-13)22-17(25)11-28-20(27)18-15-5-3-4-6-16(15)19(26)24(2)23-18/h3-10,12H,11H2,1-2H3,(H,22,25)/t12-/m0/s1. The van der Waals surface area contributed by atoms with Crippen molar-refractivity contribution < 1.29 is 14.3 Å². The lowest BCUT2D eigenvalue weighted by atomic mass is 10.1. The number of nitrogens with zero attached hydrogens (tertiary/aromatic N) is 2. The number of carbonyl (C=O) groups is 2. The van der Waals surface area contributed by atoms with E-state index in [2.05, 4.69) is 10.4 Å². The zero-order chi connectivity index (χ0) is 20.3. The van der Waals surface area contributed by atoms with E-state index in [0.29, 0.717) is 15.8 Å². The number of halogens is 1. The van der Waals surface area contributed by atoms with Gasteiger partial charge in [-0.15, -0.1) is 0 Å². The van der Waals surface area contributed by atoms with E-state index in [1.165, 1.54) is 7.05 Å². The van der Waals surface area contributed by atoms with Gasteiger partial charge in [0.25, 0.3) is 11.5 Å². The maximum atomic E-state index is 12.4. The minimum Gasteiger partial charge on any atom is -0.451 e. The van der Waals surface area contributed by atoms with Gasteiger partial charge >= 0.3 is 5.97 Å². The second-order valence-electron chi connectivity index (χ2n) is 6.24. The molecule has 1 atom stereocenters. The van der Waals surface area contributed by atoms with Crippen molar-refractivity contribution in [1.29, 1.82) is 0 Å². The van der Waals surface area contributed by atoms with Crippen LogP contribution < -0.4 is 10.9 Å². The number of ether oxygens (including phenoxy) is 1. The molecule has 0 fully saturated rings. The smallest absolute Gasteiger partial charge is 0.359 e. The number of hydrogen-bond donors (Lipinski definition) is 1. The summed E-state index contributed by atoms with van der Waals surface area (Å²) in [5.41, 5.74) is 0.535. The lowest BCUT2D eigenvalue weighted by Gasteiger charge is -2.14. The van der Waals surface area contributed by atoms with Gasteiger partial charge in [0.15, 0.2) is 12.3 Å². The zero-order valence-corrected chi connectivity index (χ0v) is 16.1. The molecule has 0 aliphatic carbocycles. The molecule has 7 nitrogen and oxygen atoms in total. The fourth-order valence-corrected chi connectivity index (χ4v) is 2.89. The third kappa shape index (κ3) is 4.20. The molecule has 0 spiro atoms. The van der Waals surface area contributed by atoms with Crippen LogP contribution in [0, 0.1) is 0 Å². The van der Waals surface area contributed by atoms with Crippen LogP contribution in [0.3, 0.4) is 0 Å². The van der Waals surface area contributed by atoms with Crippen LogP contribution in [0.4, 0.5) is 0 Å². The molecule has 8 heteroatoms. The van der Waals surface area contributed by atoms with E-state index >= 15 is 0 Å². The monoisotopic (exact) mass is 399 g/mol. The molecule has 0 radical (unpaired) electrons. The highest BCUT2D eigenvalue weighted by molar-refractivity contribution is 6.30. The van der Waals surface area contributed by atoms with Crippen molar-refractivity contribution in [3.8, 4) is 0 Å². The number of esters is 1. The van der Waals surface area contributed by atoms with Gasteiger partial charge in [0.2, 0.25) is 0 Å². The van der Waals surface area contributed by atoms with E-state index in [1.54, 1.807) is 48.5 Å². The van der Waals surface area contributed by atoms with Crippen molar-refractivity contribution in [3.63, 3.8) is 0 Å². The Morgan fingerprint density at radius 2 is 1.79 bits per heavy atom. The van der Waals surface area contributed by atoms with Crippen LogP contribution in [0.15, 0.2) is 53.3 Å². The van der Waals surface area contributed by atoms with Crippen molar-refractivity contribution in [2.45, 2.75) is 13.0 Å². The third-order valence-corrected chi connectivity index (χ3v) is 4.48. The van der Waals surface area contributed by atoms with Crippen molar-refractivity contribution in [1.82, 2.24) is 15.1 Å². The lowest BCUT2D eigenvalue weighted by molar-refractivity contribution is -0.124.